The van der Waals surface area contributed by atoms with Crippen molar-refractivity contribution in [3.8, 4) is 5.69 Å². The molecule has 0 bridgehead atoms. The van der Waals surface area contributed by atoms with Crippen molar-refractivity contribution in [2.45, 2.75) is 16.5 Å². The number of hydrogen-bond donors (Lipinski definition) is 1. The molecule has 0 unspecified atom stereocenters. The molecule has 0 saturated heterocycles. The van der Waals surface area contributed by atoms with E-state index in [9.17, 15) is 8.42 Å². The molecule has 2 heterocycles. The number of rotatable bonds is 5. The maximum atomic E-state index is 12.9. The van der Waals surface area contributed by atoms with Crippen LogP contribution in [0, 0.1) is 0 Å². The van der Waals surface area contributed by atoms with Crippen molar-refractivity contribution in [1.29, 1.82) is 0 Å². The fraction of sp³-hybridized carbons (Fsp3) is 0.125. The average molecular weight is 328 g/mol. The van der Waals surface area contributed by atoms with E-state index in [1.807, 2.05) is 0 Å². The van der Waals surface area contributed by atoms with Gasteiger partial charge in [-0.15, -0.1) is 0 Å². The summed E-state index contributed by atoms with van der Waals surface area (Å²) in [5.74, 6) is 0. The Kier molecular flexibility index (Phi) is 4.22. The van der Waals surface area contributed by atoms with Crippen LogP contribution >= 0.6 is 0 Å². The van der Waals surface area contributed by atoms with Crippen molar-refractivity contribution < 1.29 is 8.42 Å². The van der Waals surface area contributed by atoms with Crippen LogP contribution in [0.2, 0.25) is 0 Å². The van der Waals surface area contributed by atoms with Gasteiger partial charge in [-0.25, -0.2) is 13.1 Å². The van der Waals surface area contributed by atoms with E-state index in [0.29, 0.717) is 17.9 Å². The van der Waals surface area contributed by atoms with E-state index in [0.717, 1.165) is 0 Å². The minimum Gasteiger partial charge on any atom is -0.314 e. The number of pyridine rings is 1. The van der Waals surface area contributed by atoms with E-state index in [1.54, 1.807) is 68.0 Å². The molecule has 3 aromatic rings. The molecule has 0 spiro atoms. The van der Waals surface area contributed by atoms with Crippen molar-refractivity contribution in [2.24, 2.45) is 0 Å². The number of aromatic nitrogens is 3. The van der Waals surface area contributed by atoms with Gasteiger partial charge >= 0.3 is 0 Å². The summed E-state index contributed by atoms with van der Waals surface area (Å²) in [5.41, 5.74) is 1.25. The summed E-state index contributed by atoms with van der Waals surface area (Å²) in [6.45, 7) is 0.477. The Hall–Kier alpha value is -2.51. The molecule has 1 aromatic carbocycles. The topological polar surface area (TPSA) is 76.9 Å². The van der Waals surface area contributed by atoms with E-state index in [4.69, 9.17) is 0 Å². The quantitative estimate of drug-likeness (QED) is 0.773. The molecule has 0 aliphatic rings. The summed E-state index contributed by atoms with van der Waals surface area (Å²) in [6.07, 6.45) is 3.22. The highest BCUT2D eigenvalue weighted by Crippen LogP contribution is 2.24. The Morgan fingerprint density at radius 2 is 1.91 bits per heavy atom. The smallest absolute Gasteiger partial charge is 0.223 e. The molecule has 7 heteroatoms. The lowest BCUT2D eigenvalue weighted by atomic mass is 10.4. The van der Waals surface area contributed by atoms with Crippen LogP contribution in [0.5, 0.6) is 0 Å². The first-order valence-electron chi connectivity index (χ1n) is 7.07. The summed E-state index contributed by atoms with van der Waals surface area (Å²) in [5, 5.41) is 7.50. The van der Waals surface area contributed by atoms with Crippen molar-refractivity contribution in [2.75, 3.05) is 7.05 Å². The number of nitrogens with zero attached hydrogens (tertiary/aromatic N) is 3. The second kappa shape index (κ2) is 6.31. The van der Waals surface area contributed by atoms with Crippen LogP contribution in [0.15, 0.2) is 70.8 Å². The average Bonchev–Trinajstić information content (AvgIpc) is 3.02. The third-order valence-corrected chi connectivity index (χ3v) is 5.04. The number of nitrogens with one attached hydrogen (secondary N) is 1. The van der Waals surface area contributed by atoms with Crippen LogP contribution < -0.4 is 5.32 Å². The third-order valence-electron chi connectivity index (χ3n) is 3.30. The highest BCUT2D eigenvalue weighted by molar-refractivity contribution is 7.91. The standard InChI is InChI=1S/C16H16N4O2S/c1-17-11-13-10-16(20(19-13)14-6-5-9-18-12-14)23(21,22)15-7-3-2-4-8-15/h2-10,12,17H,11H2,1H3. The fourth-order valence-corrected chi connectivity index (χ4v) is 3.68. The van der Waals surface area contributed by atoms with Crippen LogP contribution in [0.3, 0.4) is 0 Å². The molecule has 0 aliphatic carbocycles. The maximum Gasteiger partial charge on any atom is 0.223 e. The minimum atomic E-state index is -3.67. The molecule has 2 aromatic heterocycles. The van der Waals surface area contributed by atoms with Crippen molar-refractivity contribution in [3.05, 3.63) is 66.6 Å². The molecular weight excluding hydrogens is 312 g/mol. The van der Waals surface area contributed by atoms with E-state index >= 15 is 0 Å². The molecule has 23 heavy (non-hydrogen) atoms. The SMILES string of the molecule is CNCc1cc(S(=O)(=O)c2ccccc2)n(-c2cccnc2)n1. The predicted molar refractivity (Wildman–Crippen MR) is 86.0 cm³/mol. The lowest BCUT2D eigenvalue weighted by molar-refractivity contribution is 0.585. The highest BCUT2D eigenvalue weighted by atomic mass is 32.2. The van der Waals surface area contributed by atoms with E-state index in [1.165, 1.54) is 4.68 Å². The Morgan fingerprint density at radius 1 is 1.13 bits per heavy atom. The molecule has 118 valence electrons. The van der Waals surface area contributed by atoms with Crippen LogP contribution in [0.25, 0.3) is 5.69 Å². The van der Waals surface area contributed by atoms with Gasteiger partial charge in [0.25, 0.3) is 0 Å². The van der Waals surface area contributed by atoms with Gasteiger partial charge in [0.1, 0.15) is 0 Å². The predicted octanol–water partition coefficient (Wildman–Crippen LogP) is 1.82. The van der Waals surface area contributed by atoms with Gasteiger partial charge in [0.2, 0.25) is 9.84 Å². The molecule has 0 fully saturated rings. The van der Waals surface area contributed by atoms with Gasteiger partial charge in [0, 0.05) is 18.8 Å². The third kappa shape index (κ3) is 3.01. The number of hydrogen-bond acceptors (Lipinski definition) is 5. The van der Waals surface area contributed by atoms with Gasteiger partial charge in [-0.05, 0) is 31.3 Å². The van der Waals surface area contributed by atoms with Gasteiger partial charge in [0.15, 0.2) is 5.03 Å². The zero-order valence-electron chi connectivity index (χ0n) is 12.5. The molecule has 0 saturated carbocycles. The summed E-state index contributed by atoms with van der Waals surface area (Å²) >= 11 is 0. The van der Waals surface area contributed by atoms with Gasteiger partial charge in [-0.1, -0.05) is 18.2 Å². The Balaban J connectivity index is 2.19. The first-order valence-corrected chi connectivity index (χ1v) is 8.55. The second-order valence-electron chi connectivity index (χ2n) is 4.94. The van der Waals surface area contributed by atoms with E-state index < -0.39 is 9.84 Å². The lowest BCUT2D eigenvalue weighted by Crippen LogP contribution is -2.10. The molecule has 0 amide bonds. The zero-order valence-corrected chi connectivity index (χ0v) is 13.4. The Bertz CT molecular complexity index is 890. The monoisotopic (exact) mass is 328 g/mol. The molecule has 0 atom stereocenters. The molecule has 6 nitrogen and oxygen atoms in total. The first kappa shape index (κ1) is 15.4. The van der Waals surface area contributed by atoms with Crippen molar-refractivity contribution in [1.82, 2.24) is 20.1 Å². The minimum absolute atomic E-state index is 0.127. The van der Waals surface area contributed by atoms with E-state index in [2.05, 4.69) is 15.4 Å². The summed E-state index contributed by atoms with van der Waals surface area (Å²) in [6, 6.07) is 13.4. The molecule has 0 radical (unpaired) electrons. The van der Waals surface area contributed by atoms with Crippen LogP contribution in [0.1, 0.15) is 5.69 Å². The number of benzene rings is 1. The summed E-state index contributed by atoms with van der Waals surface area (Å²) < 4.78 is 27.3. The summed E-state index contributed by atoms with van der Waals surface area (Å²) in [7, 11) is -1.88. The van der Waals surface area contributed by atoms with Crippen LogP contribution in [-0.2, 0) is 16.4 Å². The second-order valence-corrected chi connectivity index (χ2v) is 6.84. The summed E-state index contributed by atoms with van der Waals surface area (Å²) in [4.78, 5) is 4.28. The molecular formula is C16H16N4O2S. The van der Waals surface area contributed by atoms with Crippen molar-refractivity contribution >= 4 is 9.84 Å². The molecule has 3 rings (SSSR count). The normalized spacial score (nSPS) is 11.5. The first-order chi connectivity index (χ1) is 11.1. The Labute approximate surface area is 134 Å². The maximum absolute atomic E-state index is 12.9. The van der Waals surface area contributed by atoms with Crippen LogP contribution in [-0.4, -0.2) is 30.2 Å². The van der Waals surface area contributed by atoms with E-state index in [-0.39, 0.29) is 9.92 Å². The highest BCUT2D eigenvalue weighted by Gasteiger charge is 2.24. The molecule has 0 aliphatic heterocycles. The fourth-order valence-electron chi connectivity index (χ4n) is 2.25. The lowest BCUT2D eigenvalue weighted by Gasteiger charge is -2.08. The Morgan fingerprint density at radius 3 is 2.57 bits per heavy atom. The van der Waals surface area contributed by atoms with Gasteiger partial charge in [-0.2, -0.15) is 5.10 Å². The number of sulfone groups is 1. The van der Waals surface area contributed by atoms with Gasteiger partial charge < -0.3 is 5.32 Å². The van der Waals surface area contributed by atoms with Crippen molar-refractivity contribution in [3.63, 3.8) is 0 Å². The zero-order chi connectivity index (χ0) is 16.3. The van der Waals surface area contributed by atoms with Gasteiger partial charge in [0.05, 0.1) is 22.5 Å². The largest absolute Gasteiger partial charge is 0.314 e. The van der Waals surface area contributed by atoms with Crippen LogP contribution in [0.4, 0.5) is 0 Å². The van der Waals surface area contributed by atoms with Gasteiger partial charge in [-0.3, -0.25) is 4.98 Å². The molecule has 1 N–H and O–H groups in total.